The number of aryl methyl sites for hydroxylation is 1. The largest absolute Gasteiger partial charge is 0.507 e. The van der Waals surface area contributed by atoms with Crippen LogP contribution < -0.4 is 4.74 Å². The number of benzene rings is 1. The lowest BCUT2D eigenvalue weighted by Gasteiger charge is -2.39. The highest BCUT2D eigenvalue weighted by molar-refractivity contribution is 6.41. The summed E-state index contributed by atoms with van der Waals surface area (Å²) in [7, 11) is -1.55. The average Bonchev–Trinajstić information content (AvgIpc) is 2.63. The van der Waals surface area contributed by atoms with Crippen molar-refractivity contribution in [3.63, 3.8) is 0 Å². The Morgan fingerprint density at radius 1 is 1.25 bits per heavy atom. The van der Waals surface area contributed by atoms with Crippen LogP contribution in [0.25, 0.3) is 0 Å². The first-order valence-corrected chi connectivity index (χ1v) is 8.67. The van der Waals surface area contributed by atoms with Gasteiger partial charge in [-0.15, -0.1) is 0 Å². The van der Waals surface area contributed by atoms with Crippen LogP contribution in [0.5, 0.6) is 11.5 Å². The second kappa shape index (κ2) is 8.28. The predicted molar refractivity (Wildman–Crippen MR) is 98.3 cm³/mol. The molecule has 28 heavy (non-hydrogen) atoms. The monoisotopic (exact) mass is 386 g/mol. The molecule has 1 saturated heterocycles. The lowest BCUT2D eigenvalue weighted by atomic mass is 9.82. The highest BCUT2D eigenvalue weighted by Gasteiger charge is 2.34. The molecule has 1 fully saturated rings. The molecule has 2 heterocycles. The Bertz CT molecular complexity index is 870. The van der Waals surface area contributed by atoms with E-state index in [0.717, 1.165) is 0 Å². The summed E-state index contributed by atoms with van der Waals surface area (Å²) < 4.78 is 5.67. The Morgan fingerprint density at radius 3 is 2.61 bits per heavy atom. The van der Waals surface area contributed by atoms with E-state index in [4.69, 9.17) is 14.8 Å². The van der Waals surface area contributed by atoms with Crippen LogP contribution in [0.4, 0.5) is 0 Å². The third-order valence-corrected chi connectivity index (χ3v) is 4.45. The fourth-order valence-electron chi connectivity index (χ4n) is 2.94. The summed E-state index contributed by atoms with van der Waals surface area (Å²) >= 11 is 0. The molecule has 4 N–H and O–H groups in total. The van der Waals surface area contributed by atoms with Crippen LogP contribution in [0, 0.1) is 0 Å². The molecule has 0 atom stereocenters. The molecule has 0 saturated carbocycles. The summed E-state index contributed by atoms with van der Waals surface area (Å²) in [6.45, 7) is 0.567. The molecule has 146 valence electrons. The molecule has 0 bridgehead atoms. The number of aromatic hydroxyl groups is 1. The quantitative estimate of drug-likeness (QED) is 0.502. The Balaban J connectivity index is 1.67. The molecule has 0 spiro atoms. The van der Waals surface area contributed by atoms with Crippen LogP contribution in [-0.2, 0) is 6.42 Å². The van der Waals surface area contributed by atoms with Gasteiger partial charge in [0.15, 0.2) is 0 Å². The number of amides is 1. The molecule has 1 aliphatic heterocycles. The van der Waals surface area contributed by atoms with Crippen molar-refractivity contribution in [3.8, 4) is 11.5 Å². The van der Waals surface area contributed by atoms with Crippen molar-refractivity contribution >= 4 is 19.0 Å². The third kappa shape index (κ3) is 4.24. The van der Waals surface area contributed by atoms with Crippen molar-refractivity contribution in [3.05, 3.63) is 53.3 Å². The molecule has 10 heteroatoms. The van der Waals surface area contributed by atoms with E-state index >= 15 is 0 Å². The summed E-state index contributed by atoms with van der Waals surface area (Å²) in [5.74, 6) is -2.02. The number of carbonyl (C=O) groups excluding carboxylic acids is 1. The number of ether oxygens (including phenoxy) is 1. The van der Waals surface area contributed by atoms with Gasteiger partial charge in [-0.3, -0.25) is 9.78 Å². The maximum atomic E-state index is 12.3. The van der Waals surface area contributed by atoms with Gasteiger partial charge in [-0.05, 0) is 36.5 Å². The van der Waals surface area contributed by atoms with E-state index in [1.807, 2.05) is 0 Å². The van der Waals surface area contributed by atoms with E-state index in [-0.39, 0.29) is 48.6 Å². The van der Waals surface area contributed by atoms with Crippen LogP contribution in [0.2, 0.25) is 6.32 Å². The molecule has 0 radical (unpaired) electrons. The minimum atomic E-state index is -1.55. The number of hydrogen-bond acceptors (Lipinski definition) is 7. The number of pyridine rings is 1. The van der Waals surface area contributed by atoms with Crippen LogP contribution in [0.3, 0.4) is 0 Å². The number of aromatic nitrogens is 1. The number of rotatable bonds is 7. The van der Waals surface area contributed by atoms with Gasteiger partial charge in [-0.2, -0.15) is 0 Å². The standard InChI is InChI=1S/C18H19BN2O7/c22-16-11(5-6-19(26)27)3-4-14(15(16)18(24)25)28-13-9-21(10-13)17(23)12-2-1-7-20-8-12/h1-4,7-8,13,22,26-27H,5-6,9-10H2,(H,24,25). The maximum Gasteiger partial charge on any atom is 0.451 e. The Morgan fingerprint density at radius 2 is 2.00 bits per heavy atom. The van der Waals surface area contributed by atoms with Crippen molar-refractivity contribution in [2.24, 2.45) is 0 Å². The van der Waals surface area contributed by atoms with Gasteiger partial charge in [0.05, 0.1) is 18.7 Å². The number of likely N-dealkylation sites (tertiary alicyclic amines) is 1. The molecular weight excluding hydrogens is 367 g/mol. The molecule has 3 rings (SSSR count). The summed E-state index contributed by atoms with van der Waals surface area (Å²) in [6, 6.07) is 6.23. The Hall–Kier alpha value is -3.11. The van der Waals surface area contributed by atoms with Crippen molar-refractivity contribution < 1.29 is 34.6 Å². The zero-order chi connectivity index (χ0) is 20.3. The molecule has 1 aromatic heterocycles. The summed E-state index contributed by atoms with van der Waals surface area (Å²) in [5, 5.41) is 37.6. The smallest absolute Gasteiger partial charge is 0.451 e. The van der Waals surface area contributed by atoms with Gasteiger partial charge < -0.3 is 29.9 Å². The van der Waals surface area contributed by atoms with Gasteiger partial charge in [0.25, 0.3) is 5.91 Å². The zero-order valence-corrected chi connectivity index (χ0v) is 14.9. The van der Waals surface area contributed by atoms with Crippen molar-refractivity contribution in [2.45, 2.75) is 18.8 Å². The van der Waals surface area contributed by atoms with Crippen molar-refractivity contribution in [1.82, 2.24) is 9.88 Å². The summed E-state index contributed by atoms with van der Waals surface area (Å²) in [4.78, 5) is 29.3. The lowest BCUT2D eigenvalue weighted by Crippen LogP contribution is -2.56. The number of carboxylic acid groups (broad SMARTS) is 1. The number of carbonyl (C=O) groups is 2. The molecule has 0 aliphatic carbocycles. The normalized spacial score (nSPS) is 13.7. The molecule has 1 aliphatic rings. The van der Waals surface area contributed by atoms with Crippen LogP contribution in [0.1, 0.15) is 26.3 Å². The first kappa shape index (κ1) is 19.7. The van der Waals surface area contributed by atoms with Crippen LogP contribution in [-0.4, -0.2) is 68.3 Å². The van der Waals surface area contributed by atoms with E-state index in [9.17, 15) is 19.8 Å². The number of hydrogen-bond donors (Lipinski definition) is 4. The number of nitrogens with zero attached hydrogens (tertiary/aromatic N) is 2. The minimum absolute atomic E-state index is 0.00299. The summed E-state index contributed by atoms with van der Waals surface area (Å²) in [5.41, 5.74) is 0.349. The molecular formula is C18H19BN2O7. The zero-order valence-electron chi connectivity index (χ0n) is 14.9. The SMILES string of the molecule is O=C(O)c1c(OC2CN(C(=O)c3cccnc3)C2)ccc(CCB(O)O)c1O. The van der Waals surface area contributed by atoms with E-state index in [2.05, 4.69) is 4.98 Å². The predicted octanol–water partition coefficient (Wildman–Crippen LogP) is 0.404. The van der Waals surface area contributed by atoms with Gasteiger partial charge in [0.2, 0.25) is 0 Å². The molecule has 0 unspecified atom stereocenters. The minimum Gasteiger partial charge on any atom is -0.507 e. The van der Waals surface area contributed by atoms with Gasteiger partial charge in [0, 0.05) is 12.4 Å². The Labute approximate surface area is 161 Å². The highest BCUT2D eigenvalue weighted by Crippen LogP contribution is 2.34. The van der Waals surface area contributed by atoms with E-state index < -0.39 is 24.9 Å². The van der Waals surface area contributed by atoms with Crippen molar-refractivity contribution in [2.75, 3.05) is 13.1 Å². The first-order valence-electron chi connectivity index (χ1n) is 8.67. The average molecular weight is 386 g/mol. The van der Waals surface area contributed by atoms with Crippen molar-refractivity contribution in [1.29, 1.82) is 0 Å². The number of aromatic carboxylic acids is 1. The topological polar surface area (TPSA) is 140 Å². The van der Waals surface area contributed by atoms with Gasteiger partial charge in [-0.25, -0.2) is 4.79 Å². The van der Waals surface area contributed by atoms with Crippen LogP contribution >= 0.6 is 0 Å². The number of phenols is 1. The second-order valence-corrected chi connectivity index (χ2v) is 6.46. The highest BCUT2D eigenvalue weighted by atomic mass is 16.5. The molecule has 1 amide bonds. The summed E-state index contributed by atoms with van der Waals surface area (Å²) in [6.07, 6.45) is 2.70. The van der Waals surface area contributed by atoms with E-state index in [1.54, 1.807) is 23.2 Å². The maximum absolute atomic E-state index is 12.3. The molecule has 2 aromatic rings. The molecule has 1 aromatic carbocycles. The van der Waals surface area contributed by atoms with Gasteiger partial charge in [-0.1, -0.05) is 6.07 Å². The van der Waals surface area contributed by atoms with E-state index in [1.165, 1.54) is 18.3 Å². The third-order valence-electron chi connectivity index (χ3n) is 4.45. The lowest BCUT2D eigenvalue weighted by molar-refractivity contribution is 0.0168. The van der Waals surface area contributed by atoms with Gasteiger partial charge >= 0.3 is 13.1 Å². The Kier molecular flexibility index (Phi) is 5.81. The van der Waals surface area contributed by atoms with Gasteiger partial charge in [0.1, 0.15) is 23.2 Å². The van der Waals surface area contributed by atoms with E-state index in [0.29, 0.717) is 5.56 Å². The first-order chi connectivity index (χ1) is 13.4. The molecule has 9 nitrogen and oxygen atoms in total. The van der Waals surface area contributed by atoms with Crippen LogP contribution in [0.15, 0.2) is 36.7 Å². The second-order valence-electron chi connectivity index (χ2n) is 6.46. The number of carboxylic acids is 1. The fourth-order valence-corrected chi connectivity index (χ4v) is 2.94. The fraction of sp³-hybridized carbons (Fsp3) is 0.278.